The number of Topliss-reactive ketones (excluding diaryl/α,β-unsaturated/α-hetero) is 1. The Morgan fingerprint density at radius 1 is 1.19 bits per heavy atom. The van der Waals surface area contributed by atoms with Crippen LogP contribution in [0.3, 0.4) is 0 Å². The fraction of sp³-hybridized carbons (Fsp3) is 0.565. The molecule has 1 aliphatic heterocycles. The van der Waals surface area contributed by atoms with Crippen LogP contribution in [-0.4, -0.2) is 27.4 Å². The van der Waals surface area contributed by atoms with E-state index in [1.54, 1.807) is 0 Å². The molecule has 4 nitrogen and oxygen atoms in total. The fourth-order valence-corrected chi connectivity index (χ4v) is 6.06. The van der Waals surface area contributed by atoms with Gasteiger partial charge in [-0.05, 0) is 50.6 Å². The normalized spacial score (nSPS) is 31.4. The van der Waals surface area contributed by atoms with Gasteiger partial charge in [0.05, 0.1) is 24.3 Å². The third-order valence-corrected chi connectivity index (χ3v) is 7.59. The van der Waals surface area contributed by atoms with Crippen molar-refractivity contribution in [1.29, 1.82) is 0 Å². The van der Waals surface area contributed by atoms with Gasteiger partial charge in [-0.25, -0.2) is 4.98 Å². The predicted molar refractivity (Wildman–Crippen MR) is 107 cm³/mol. The Bertz CT molecular complexity index is 860. The standard InChI is InChI=1S/C23H29N3O/c1-2-25-23-9-5-8-22(10-12-23,11-13-23)21(27)14-19-17-6-3-4-7-18(17)20-15-24-16-26(19)20/h3-4,6-7,15-16,19,25H,2,5,8-14H2,1H3. The van der Waals surface area contributed by atoms with Gasteiger partial charge in [0.1, 0.15) is 5.78 Å². The summed E-state index contributed by atoms with van der Waals surface area (Å²) in [6, 6.07) is 8.62. The molecule has 4 aliphatic rings. The average Bonchev–Trinajstić information content (AvgIpc) is 3.15. The summed E-state index contributed by atoms with van der Waals surface area (Å²) in [6.45, 7) is 3.23. The third-order valence-electron chi connectivity index (χ3n) is 7.59. The zero-order chi connectivity index (χ0) is 18.5. The summed E-state index contributed by atoms with van der Waals surface area (Å²) in [6.07, 6.45) is 12.3. The largest absolute Gasteiger partial charge is 0.323 e. The maximum Gasteiger partial charge on any atom is 0.141 e. The van der Waals surface area contributed by atoms with Crippen LogP contribution in [-0.2, 0) is 4.79 Å². The van der Waals surface area contributed by atoms with Gasteiger partial charge in [-0.15, -0.1) is 0 Å². The van der Waals surface area contributed by atoms with Crippen molar-refractivity contribution >= 4 is 5.78 Å². The van der Waals surface area contributed by atoms with Crippen LogP contribution in [0.1, 0.15) is 69.9 Å². The molecule has 4 heteroatoms. The Labute approximate surface area is 161 Å². The molecule has 0 radical (unpaired) electrons. The number of nitrogens with one attached hydrogen (secondary N) is 1. The molecule has 1 N–H and O–H groups in total. The number of hydrogen-bond donors (Lipinski definition) is 1. The van der Waals surface area contributed by atoms with Gasteiger partial charge in [0.15, 0.2) is 0 Å². The first kappa shape index (κ1) is 17.2. The van der Waals surface area contributed by atoms with Crippen molar-refractivity contribution in [1.82, 2.24) is 14.9 Å². The summed E-state index contributed by atoms with van der Waals surface area (Å²) in [4.78, 5) is 18.0. The van der Waals surface area contributed by atoms with Gasteiger partial charge in [0.2, 0.25) is 0 Å². The summed E-state index contributed by atoms with van der Waals surface area (Å²) in [5, 5.41) is 3.75. The van der Waals surface area contributed by atoms with Crippen molar-refractivity contribution in [2.45, 2.75) is 69.9 Å². The number of carbonyl (C=O) groups is 1. The van der Waals surface area contributed by atoms with Crippen LogP contribution in [0.15, 0.2) is 36.8 Å². The fourth-order valence-electron chi connectivity index (χ4n) is 6.06. The number of carbonyl (C=O) groups excluding carboxylic acids is 1. The summed E-state index contributed by atoms with van der Waals surface area (Å²) in [7, 11) is 0. The van der Waals surface area contributed by atoms with Crippen molar-refractivity contribution in [2.24, 2.45) is 5.41 Å². The van der Waals surface area contributed by atoms with E-state index in [9.17, 15) is 4.79 Å². The second-order valence-electron chi connectivity index (χ2n) is 8.86. The van der Waals surface area contributed by atoms with Crippen molar-refractivity contribution in [3.05, 3.63) is 42.4 Å². The molecule has 142 valence electrons. The van der Waals surface area contributed by atoms with E-state index in [4.69, 9.17) is 0 Å². The van der Waals surface area contributed by atoms with Crippen LogP contribution >= 0.6 is 0 Å². The highest BCUT2D eigenvalue weighted by Gasteiger charge is 2.49. The van der Waals surface area contributed by atoms with Crippen molar-refractivity contribution < 1.29 is 4.79 Å². The van der Waals surface area contributed by atoms with Crippen LogP contribution in [0.2, 0.25) is 0 Å². The lowest BCUT2D eigenvalue weighted by Gasteiger charge is -2.43. The molecular weight excluding hydrogens is 334 g/mol. The number of rotatable bonds is 5. The average molecular weight is 364 g/mol. The lowest BCUT2D eigenvalue weighted by Crippen LogP contribution is -2.49. The number of fused-ring (bicyclic) bond motifs is 7. The van der Waals surface area contributed by atoms with Crippen LogP contribution < -0.4 is 5.32 Å². The van der Waals surface area contributed by atoms with E-state index < -0.39 is 0 Å². The number of hydrogen-bond acceptors (Lipinski definition) is 3. The highest BCUT2D eigenvalue weighted by molar-refractivity contribution is 5.87. The molecular formula is C23H29N3O. The van der Waals surface area contributed by atoms with Crippen molar-refractivity contribution in [2.75, 3.05) is 6.54 Å². The second kappa shape index (κ2) is 6.30. The number of aromatic nitrogens is 2. The maximum atomic E-state index is 13.6. The molecule has 0 saturated heterocycles. The highest BCUT2D eigenvalue weighted by atomic mass is 16.1. The lowest BCUT2D eigenvalue weighted by molar-refractivity contribution is -0.131. The Kier molecular flexibility index (Phi) is 4.01. The highest BCUT2D eigenvalue weighted by Crippen LogP contribution is 2.52. The van der Waals surface area contributed by atoms with Gasteiger partial charge in [0.25, 0.3) is 0 Å². The number of benzene rings is 1. The Balaban J connectivity index is 1.40. The van der Waals surface area contributed by atoms with E-state index in [0.29, 0.717) is 17.7 Å². The van der Waals surface area contributed by atoms with Gasteiger partial charge < -0.3 is 9.88 Å². The zero-order valence-corrected chi connectivity index (χ0v) is 16.2. The molecule has 2 aromatic rings. The van der Waals surface area contributed by atoms with Crippen LogP contribution in [0.5, 0.6) is 0 Å². The predicted octanol–water partition coefficient (Wildman–Crippen LogP) is 4.50. The molecule has 3 fully saturated rings. The van der Waals surface area contributed by atoms with E-state index in [0.717, 1.165) is 44.3 Å². The van der Waals surface area contributed by atoms with Gasteiger partial charge in [-0.1, -0.05) is 37.6 Å². The van der Waals surface area contributed by atoms with Crippen molar-refractivity contribution in [3.63, 3.8) is 0 Å². The molecule has 0 amide bonds. The van der Waals surface area contributed by atoms with E-state index in [-0.39, 0.29) is 11.5 Å². The van der Waals surface area contributed by atoms with E-state index in [1.807, 2.05) is 12.5 Å². The molecule has 27 heavy (non-hydrogen) atoms. The number of ketones is 1. The minimum Gasteiger partial charge on any atom is -0.323 e. The smallest absolute Gasteiger partial charge is 0.141 e. The van der Waals surface area contributed by atoms with E-state index in [2.05, 4.69) is 46.1 Å². The SMILES string of the molecule is CCNC12CCCC(C(=O)CC3c4ccccc4-c4cncn43)(CC1)CC2. The minimum atomic E-state index is -0.0896. The molecule has 3 aliphatic carbocycles. The molecule has 6 rings (SSSR count). The summed E-state index contributed by atoms with van der Waals surface area (Å²) in [5.74, 6) is 0.482. The van der Waals surface area contributed by atoms with Crippen molar-refractivity contribution in [3.8, 4) is 11.3 Å². The lowest BCUT2D eigenvalue weighted by atomic mass is 9.65. The Hall–Kier alpha value is -1.94. The van der Waals surface area contributed by atoms with Gasteiger partial charge in [0, 0.05) is 22.9 Å². The van der Waals surface area contributed by atoms with E-state index in [1.165, 1.54) is 24.0 Å². The van der Waals surface area contributed by atoms with Crippen LogP contribution in [0, 0.1) is 5.41 Å². The summed E-state index contributed by atoms with van der Waals surface area (Å²) < 4.78 is 2.21. The van der Waals surface area contributed by atoms with Gasteiger partial charge in [-0.2, -0.15) is 0 Å². The van der Waals surface area contributed by atoms with Crippen LogP contribution in [0.25, 0.3) is 11.3 Å². The first-order valence-corrected chi connectivity index (χ1v) is 10.6. The molecule has 2 bridgehead atoms. The quantitative estimate of drug-likeness (QED) is 0.850. The molecule has 0 spiro atoms. The summed E-state index contributed by atoms with van der Waals surface area (Å²) >= 11 is 0. The number of nitrogens with zero attached hydrogens (tertiary/aromatic N) is 2. The molecule has 1 aromatic heterocycles. The van der Waals surface area contributed by atoms with Gasteiger partial charge >= 0.3 is 0 Å². The van der Waals surface area contributed by atoms with E-state index >= 15 is 0 Å². The van der Waals surface area contributed by atoms with Gasteiger partial charge in [-0.3, -0.25) is 4.79 Å². The molecule has 1 unspecified atom stereocenters. The third kappa shape index (κ3) is 2.60. The topological polar surface area (TPSA) is 46.9 Å². The summed E-state index contributed by atoms with van der Waals surface area (Å²) in [5.41, 5.74) is 3.88. The molecule has 1 atom stereocenters. The zero-order valence-electron chi connectivity index (χ0n) is 16.2. The minimum absolute atomic E-state index is 0.0896. The van der Waals surface area contributed by atoms with Crippen LogP contribution in [0.4, 0.5) is 0 Å². The monoisotopic (exact) mass is 363 g/mol. The molecule has 3 saturated carbocycles. The molecule has 2 heterocycles. The maximum absolute atomic E-state index is 13.6. The number of imidazole rings is 1. The Morgan fingerprint density at radius 3 is 2.81 bits per heavy atom. The first-order valence-electron chi connectivity index (χ1n) is 10.6. The first-order chi connectivity index (χ1) is 13.2. The second-order valence-corrected chi connectivity index (χ2v) is 8.86. The molecule has 1 aromatic carbocycles. The Morgan fingerprint density at radius 2 is 2.00 bits per heavy atom.